The number of rotatable bonds is 0. The summed E-state index contributed by atoms with van der Waals surface area (Å²) >= 11 is 0. The fourth-order valence-corrected chi connectivity index (χ4v) is 3.43. The molecule has 3 fully saturated rings. The van der Waals surface area contributed by atoms with E-state index in [1.165, 1.54) is 32.1 Å². The van der Waals surface area contributed by atoms with Crippen LogP contribution in [-0.2, 0) is 9.47 Å². The van der Waals surface area contributed by atoms with Crippen LogP contribution in [0.5, 0.6) is 0 Å². The molecule has 0 unspecified atom stereocenters. The van der Waals surface area contributed by atoms with Crippen LogP contribution in [0.2, 0.25) is 0 Å². The summed E-state index contributed by atoms with van der Waals surface area (Å²) in [6, 6.07) is 0. The molecule has 0 aromatic heterocycles. The van der Waals surface area contributed by atoms with Gasteiger partial charge in [-0.25, -0.2) is 0 Å². The van der Waals surface area contributed by atoms with E-state index >= 15 is 0 Å². The zero-order valence-electron chi connectivity index (χ0n) is 8.68. The lowest BCUT2D eigenvalue weighted by molar-refractivity contribution is -0.227. The molecule has 14 heavy (non-hydrogen) atoms. The van der Waals surface area contributed by atoms with E-state index in [2.05, 4.69) is 5.32 Å². The Morgan fingerprint density at radius 3 is 2.29 bits per heavy atom. The molecule has 2 spiro atoms. The van der Waals surface area contributed by atoms with Crippen molar-refractivity contribution < 1.29 is 9.47 Å². The van der Waals surface area contributed by atoms with Crippen molar-refractivity contribution in [3.63, 3.8) is 0 Å². The first-order valence-electron chi connectivity index (χ1n) is 5.90. The summed E-state index contributed by atoms with van der Waals surface area (Å²) in [4.78, 5) is 0. The maximum atomic E-state index is 5.93. The molecule has 1 saturated carbocycles. The third-order valence-corrected chi connectivity index (χ3v) is 4.09. The van der Waals surface area contributed by atoms with Crippen LogP contribution in [0, 0.1) is 0 Å². The van der Waals surface area contributed by atoms with Gasteiger partial charge in [0.15, 0.2) is 5.79 Å². The van der Waals surface area contributed by atoms with E-state index < -0.39 is 0 Å². The van der Waals surface area contributed by atoms with Crippen LogP contribution >= 0.6 is 0 Å². The Kier molecular flexibility index (Phi) is 2.08. The van der Waals surface area contributed by atoms with Gasteiger partial charge in [0.2, 0.25) is 0 Å². The van der Waals surface area contributed by atoms with Gasteiger partial charge in [-0.15, -0.1) is 0 Å². The van der Waals surface area contributed by atoms with Gasteiger partial charge in [0.25, 0.3) is 0 Å². The lowest BCUT2D eigenvalue weighted by Crippen LogP contribution is -2.62. The molecule has 0 aromatic carbocycles. The van der Waals surface area contributed by atoms with Crippen molar-refractivity contribution in [1.82, 2.24) is 5.32 Å². The van der Waals surface area contributed by atoms with Crippen molar-refractivity contribution in [2.45, 2.75) is 49.9 Å². The molecular formula is C11H19NO2. The lowest BCUT2D eigenvalue weighted by Gasteiger charge is -2.48. The average molecular weight is 197 g/mol. The predicted molar refractivity (Wildman–Crippen MR) is 53.1 cm³/mol. The zero-order valence-corrected chi connectivity index (χ0v) is 8.68. The average Bonchev–Trinajstić information content (AvgIpc) is 2.81. The Labute approximate surface area is 85.1 Å². The molecule has 1 atom stereocenters. The van der Waals surface area contributed by atoms with E-state index in [0.717, 1.165) is 26.2 Å². The van der Waals surface area contributed by atoms with Crippen molar-refractivity contribution in [1.29, 1.82) is 0 Å². The van der Waals surface area contributed by atoms with Gasteiger partial charge in [-0.2, -0.15) is 0 Å². The summed E-state index contributed by atoms with van der Waals surface area (Å²) in [5, 5.41) is 3.65. The molecule has 2 heterocycles. The van der Waals surface area contributed by atoms with Gasteiger partial charge < -0.3 is 14.8 Å². The van der Waals surface area contributed by atoms with E-state index in [-0.39, 0.29) is 11.3 Å². The van der Waals surface area contributed by atoms with Crippen molar-refractivity contribution in [2.75, 3.05) is 19.8 Å². The Balaban J connectivity index is 1.91. The van der Waals surface area contributed by atoms with Crippen LogP contribution in [0.1, 0.15) is 38.5 Å². The molecule has 2 saturated heterocycles. The number of fused-ring (bicyclic) bond motifs is 1. The highest BCUT2D eigenvalue weighted by molar-refractivity contribution is 5.08. The van der Waals surface area contributed by atoms with Gasteiger partial charge in [0, 0.05) is 6.42 Å². The highest BCUT2D eigenvalue weighted by Crippen LogP contribution is 2.47. The minimum Gasteiger partial charge on any atom is -0.346 e. The van der Waals surface area contributed by atoms with Crippen molar-refractivity contribution in [3.05, 3.63) is 0 Å². The topological polar surface area (TPSA) is 30.5 Å². The Hall–Kier alpha value is -0.120. The maximum absolute atomic E-state index is 5.93. The summed E-state index contributed by atoms with van der Waals surface area (Å²) in [7, 11) is 0. The number of hydrogen-bond donors (Lipinski definition) is 1. The second-order valence-corrected chi connectivity index (χ2v) is 4.77. The first kappa shape index (κ1) is 9.13. The second kappa shape index (κ2) is 3.19. The van der Waals surface area contributed by atoms with Crippen LogP contribution in [0.15, 0.2) is 0 Å². The maximum Gasteiger partial charge on any atom is 0.186 e. The van der Waals surface area contributed by atoms with Crippen LogP contribution in [0.3, 0.4) is 0 Å². The fraction of sp³-hybridized carbons (Fsp3) is 1.00. The number of nitrogens with one attached hydrogen (secondary N) is 1. The second-order valence-electron chi connectivity index (χ2n) is 4.77. The van der Waals surface area contributed by atoms with Crippen LogP contribution in [0.4, 0.5) is 0 Å². The Morgan fingerprint density at radius 1 is 0.857 bits per heavy atom. The molecular weight excluding hydrogens is 178 g/mol. The Morgan fingerprint density at radius 2 is 1.57 bits per heavy atom. The standard InChI is InChI=1S/C11H19NO2/c1-2-6-11(13-8-9-14-11)10(4-1)5-3-7-12-10/h12H,1-9H2/t10-/m1/s1. The van der Waals surface area contributed by atoms with Crippen molar-refractivity contribution in [2.24, 2.45) is 0 Å². The molecule has 2 aliphatic heterocycles. The van der Waals surface area contributed by atoms with Crippen LogP contribution < -0.4 is 5.32 Å². The van der Waals surface area contributed by atoms with E-state index in [1.807, 2.05) is 0 Å². The molecule has 1 N–H and O–H groups in total. The van der Waals surface area contributed by atoms with Crippen molar-refractivity contribution >= 4 is 0 Å². The first-order chi connectivity index (χ1) is 6.87. The third kappa shape index (κ3) is 1.09. The monoisotopic (exact) mass is 197 g/mol. The fourth-order valence-electron chi connectivity index (χ4n) is 3.43. The number of hydrogen-bond acceptors (Lipinski definition) is 3. The quantitative estimate of drug-likeness (QED) is 0.637. The summed E-state index contributed by atoms with van der Waals surface area (Å²) in [6.45, 7) is 2.70. The first-order valence-corrected chi connectivity index (χ1v) is 5.90. The molecule has 0 amide bonds. The van der Waals surface area contributed by atoms with E-state index in [0.29, 0.717) is 0 Å². The molecule has 1 aliphatic carbocycles. The van der Waals surface area contributed by atoms with Crippen molar-refractivity contribution in [3.8, 4) is 0 Å². The highest BCUT2D eigenvalue weighted by atomic mass is 16.7. The van der Waals surface area contributed by atoms with Gasteiger partial charge in [0.05, 0.1) is 18.8 Å². The zero-order chi connectivity index (χ0) is 9.49. The van der Waals surface area contributed by atoms with Gasteiger partial charge >= 0.3 is 0 Å². The van der Waals surface area contributed by atoms with E-state index in [1.54, 1.807) is 0 Å². The molecule has 0 bridgehead atoms. The van der Waals surface area contributed by atoms with Gasteiger partial charge in [0.1, 0.15) is 0 Å². The minimum absolute atomic E-state index is 0.155. The number of ether oxygens (including phenoxy) is 2. The molecule has 3 heteroatoms. The summed E-state index contributed by atoms with van der Waals surface area (Å²) in [6.07, 6.45) is 7.39. The molecule has 0 aromatic rings. The third-order valence-electron chi connectivity index (χ3n) is 4.09. The predicted octanol–water partition coefficient (Wildman–Crippen LogP) is 1.43. The summed E-state index contributed by atoms with van der Waals surface area (Å²) < 4.78 is 11.9. The van der Waals surface area contributed by atoms with E-state index in [4.69, 9.17) is 9.47 Å². The van der Waals surface area contributed by atoms with E-state index in [9.17, 15) is 0 Å². The Bertz CT molecular complexity index is 193. The van der Waals surface area contributed by atoms with Crippen LogP contribution in [0.25, 0.3) is 0 Å². The largest absolute Gasteiger partial charge is 0.346 e. The van der Waals surface area contributed by atoms with Gasteiger partial charge in [-0.1, -0.05) is 6.42 Å². The molecule has 3 nitrogen and oxygen atoms in total. The van der Waals surface area contributed by atoms with Gasteiger partial charge in [-0.05, 0) is 32.2 Å². The SMILES string of the molecule is C1CC[C@@]2(CCCN2)C2(C1)OCCO2. The molecule has 3 rings (SSSR count). The highest BCUT2D eigenvalue weighted by Gasteiger charge is 2.57. The minimum atomic E-state index is -0.262. The van der Waals surface area contributed by atoms with Gasteiger partial charge in [-0.3, -0.25) is 0 Å². The summed E-state index contributed by atoms with van der Waals surface area (Å²) in [5.74, 6) is -0.262. The lowest BCUT2D eigenvalue weighted by atomic mass is 9.75. The smallest absolute Gasteiger partial charge is 0.186 e. The summed E-state index contributed by atoms with van der Waals surface area (Å²) in [5.41, 5.74) is 0.155. The molecule has 80 valence electrons. The van der Waals surface area contributed by atoms with Crippen LogP contribution in [-0.4, -0.2) is 31.1 Å². The molecule has 0 radical (unpaired) electrons. The normalized spacial score (nSPS) is 41.1. The molecule has 3 aliphatic rings.